The molecule has 4 amide bonds. The summed E-state index contributed by atoms with van der Waals surface area (Å²) in [6, 6.07) is -0.928. The van der Waals surface area contributed by atoms with Gasteiger partial charge in [-0.15, -0.1) is 0 Å². The van der Waals surface area contributed by atoms with Gasteiger partial charge < -0.3 is 10.2 Å². The van der Waals surface area contributed by atoms with Crippen molar-refractivity contribution >= 4 is 27.7 Å². The lowest BCUT2D eigenvalue weighted by molar-refractivity contribution is -0.141. The minimum Gasteiger partial charge on any atom is -0.334 e. The SMILES string of the molecule is CC1(C)NC(=O)N(CC(=O)N(C2CCCC2)[C@@H]2CCS(=O)(=O)C2)C1=O. The first kappa shape index (κ1) is 18.2. The predicted octanol–water partition coefficient (Wildman–Crippen LogP) is 0.275. The Morgan fingerprint density at radius 2 is 1.84 bits per heavy atom. The van der Waals surface area contributed by atoms with Crippen molar-refractivity contribution in [1.82, 2.24) is 15.1 Å². The van der Waals surface area contributed by atoms with Gasteiger partial charge in [0.15, 0.2) is 9.84 Å². The van der Waals surface area contributed by atoms with Gasteiger partial charge in [-0.1, -0.05) is 12.8 Å². The summed E-state index contributed by atoms with van der Waals surface area (Å²) in [6.07, 6.45) is 4.12. The second-order valence-electron chi connectivity index (χ2n) is 7.74. The Morgan fingerprint density at radius 3 is 2.32 bits per heavy atom. The number of amides is 4. The smallest absolute Gasteiger partial charge is 0.325 e. The van der Waals surface area contributed by atoms with E-state index >= 15 is 0 Å². The van der Waals surface area contributed by atoms with E-state index in [0.29, 0.717) is 6.42 Å². The highest BCUT2D eigenvalue weighted by Gasteiger charge is 2.47. The van der Waals surface area contributed by atoms with Crippen LogP contribution in [0.2, 0.25) is 0 Å². The van der Waals surface area contributed by atoms with Crippen LogP contribution in [0.3, 0.4) is 0 Å². The molecule has 3 rings (SSSR count). The van der Waals surface area contributed by atoms with Gasteiger partial charge in [0.2, 0.25) is 5.91 Å². The van der Waals surface area contributed by atoms with Gasteiger partial charge in [0.05, 0.1) is 11.5 Å². The number of sulfone groups is 1. The molecule has 9 heteroatoms. The molecule has 0 aromatic rings. The summed E-state index contributed by atoms with van der Waals surface area (Å²) >= 11 is 0. The number of carbonyl (C=O) groups is 3. The molecule has 1 saturated carbocycles. The number of hydrogen-bond acceptors (Lipinski definition) is 5. The molecule has 3 aliphatic rings. The molecule has 1 atom stereocenters. The van der Waals surface area contributed by atoms with Gasteiger partial charge in [0.25, 0.3) is 5.91 Å². The maximum absolute atomic E-state index is 12.9. The maximum atomic E-state index is 12.9. The lowest BCUT2D eigenvalue weighted by atomic mass is 10.1. The average molecular weight is 371 g/mol. The van der Waals surface area contributed by atoms with Gasteiger partial charge in [-0.25, -0.2) is 13.2 Å². The van der Waals surface area contributed by atoms with Crippen LogP contribution in [-0.2, 0) is 19.4 Å². The Hall–Kier alpha value is -1.64. The van der Waals surface area contributed by atoms with Crippen LogP contribution in [0.4, 0.5) is 4.79 Å². The summed E-state index contributed by atoms with van der Waals surface area (Å²) in [5.74, 6) is -0.711. The van der Waals surface area contributed by atoms with E-state index < -0.39 is 27.3 Å². The fraction of sp³-hybridized carbons (Fsp3) is 0.812. The van der Waals surface area contributed by atoms with Crippen LogP contribution in [0.1, 0.15) is 46.0 Å². The molecule has 0 bridgehead atoms. The Balaban J connectivity index is 1.78. The molecule has 2 heterocycles. The van der Waals surface area contributed by atoms with Crippen LogP contribution in [0.25, 0.3) is 0 Å². The highest BCUT2D eigenvalue weighted by Crippen LogP contribution is 2.29. The number of rotatable bonds is 4. The van der Waals surface area contributed by atoms with Crippen molar-refractivity contribution in [2.75, 3.05) is 18.1 Å². The third-order valence-electron chi connectivity index (χ3n) is 5.35. The predicted molar refractivity (Wildman–Crippen MR) is 90.5 cm³/mol. The first-order chi connectivity index (χ1) is 11.6. The van der Waals surface area contributed by atoms with E-state index in [-0.39, 0.29) is 36.0 Å². The number of nitrogens with one attached hydrogen (secondary N) is 1. The minimum absolute atomic E-state index is 0.000392. The average Bonchev–Trinajstić information content (AvgIpc) is 3.17. The van der Waals surface area contributed by atoms with Crippen molar-refractivity contribution < 1.29 is 22.8 Å². The second-order valence-corrected chi connectivity index (χ2v) is 9.97. The number of imide groups is 1. The molecule has 0 unspecified atom stereocenters. The standard InChI is InChI=1S/C16H25N3O5S/c1-16(2)14(21)18(15(22)17-16)9-13(20)19(11-5-3-4-6-11)12-7-8-25(23,24)10-12/h11-12H,3-10H2,1-2H3,(H,17,22)/t12-/m1/s1. The molecule has 25 heavy (non-hydrogen) atoms. The zero-order chi connectivity index (χ0) is 18.4. The van der Waals surface area contributed by atoms with Crippen molar-refractivity contribution in [3.8, 4) is 0 Å². The maximum Gasteiger partial charge on any atom is 0.325 e. The lowest BCUT2D eigenvalue weighted by Gasteiger charge is -2.35. The number of hydrogen-bond donors (Lipinski definition) is 1. The van der Waals surface area contributed by atoms with E-state index in [2.05, 4.69) is 5.32 Å². The molecular formula is C16H25N3O5S. The normalized spacial score (nSPS) is 28.4. The second kappa shape index (κ2) is 6.26. The van der Waals surface area contributed by atoms with Crippen LogP contribution in [-0.4, -0.2) is 71.7 Å². The molecule has 1 N–H and O–H groups in total. The minimum atomic E-state index is -3.12. The summed E-state index contributed by atoms with van der Waals surface area (Å²) in [7, 11) is -3.12. The van der Waals surface area contributed by atoms with Gasteiger partial charge >= 0.3 is 6.03 Å². The molecule has 0 aromatic carbocycles. The van der Waals surface area contributed by atoms with Gasteiger partial charge in [0, 0.05) is 12.1 Å². The Morgan fingerprint density at radius 1 is 1.20 bits per heavy atom. The summed E-state index contributed by atoms with van der Waals surface area (Å²) in [5.41, 5.74) is -1.02. The van der Waals surface area contributed by atoms with Crippen molar-refractivity contribution in [3.63, 3.8) is 0 Å². The van der Waals surface area contributed by atoms with E-state index in [1.807, 2.05) is 0 Å². The van der Waals surface area contributed by atoms with Crippen molar-refractivity contribution in [2.45, 2.75) is 63.6 Å². The third-order valence-corrected chi connectivity index (χ3v) is 7.10. The summed E-state index contributed by atoms with van der Waals surface area (Å²) in [6.45, 7) is 2.85. The van der Waals surface area contributed by atoms with Crippen LogP contribution in [0.5, 0.6) is 0 Å². The quantitative estimate of drug-likeness (QED) is 0.715. The van der Waals surface area contributed by atoms with Crippen molar-refractivity contribution in [1.29, 1.82) is 0 Å². The first-order valence-electron chi connectivity index (χ1n) is 8.76. The molecule has 2 saturated heterocycles. The fourth-order valence-corrected chi connectivity index (χ4v) is 5.77. The Labute approximate surface area is 147 Å². The topological polar surface area (TPSA) is 104 Å². The van der Waals surface area contributed by atoms with Crippen LogP contribution >= 0.6 is 0 Å². The molecule has 1 aliphatic carbocycles. The van der Waals surface area contributed by atoms with E-state index in [1.54, 1.807) is 18.7 Å². The van der Waals surface area contributed by atoms with Gasteiger partial charge in [0.1, 0.15) is 12.1 Å². The number of urea groups is 1. The molecular weight excluding hydrogens is 346 g/mol. The van der Waals surface area contributed by atoms with Gasteiger partial charge in [-0.3, -0.25) is 14.5 Å². The Bertz CT molecular complexity index is 697. The van der Waals surface area contributed by atoms with E-state index in [4.69, 9.17) is 0 Å². The highest BCUT2D eigenvalue weighted by molar-refractivity contribution is 7.91. The van der Waals surface area contributed by atoms with Crippen molar-refractivity contribution in [2.24, 2.45) is 0 Å². The summed E-state index contributed by atoms with van der Waals surface area (Å²) < 4.78 is 23.7. The first-order valence-corrected chi connectivity index (χ1v) is 10.6. The molecule has 0 spiro atoms. The monoisotopic (exact) mass is 371 g/mol. The summed E-state index contributed by atoms with van der Waals surface area (Å²) in [4.78, 5) is 39.9. The number of carbonyl (C=O) groups excluding carboxylic acids is 3. The summed E-state index contributed by atoms with van der Waals surface area (Å²) in [5, 5.41) is 2.56. The molecule has 8 nitrogen and oxygen atoms in total. The molecule has 2 aliphatic heterocycles. The number of nitrogens with zero attached hydrogens (tertiary/aromatic N) is 2. The Kier molecular flexibility index (Phi) is 4.55. The van der Waals surface area contributed by atoms with E-state index in [0.717, 1.165) is 30.6 Å². The van der Waals surface area contributed by atoms with Gasteiger partial charge in [-0.2, -0.15) is 0 Å². The van der Waals surface area contributed by atoms with Crippen molar-refractivity contribution in [3.05, 3.63) is 0 Å². The van der Waals surface area contributed by atoms with E-state index in [1.165, 1.54) is 0 Å². The highest BCUT2D eigenvalue weighted by atomic mass is 32.2. The molecule has 0 radical (unpaired) electrons. The molecule has 3 fully saturated rings. The molecule has 140 valence electrons. The van der Waals surface area contributed by atoms with Gasteiger partial charge in [-0.05, 0) is 33.1 Å². The van der Waals surface area contributed by atoms with E-state index in [9.17, 15) is 22.8 Å². The van der Waals surface area contributed by atoms with Crippen LogP contribution in [0, 0.1) is 0 Å². The fourth-order valence-electron chi connectivity index (χ4n) is 4.06. The lowest BCUT2D eigenvalue weighted by Crippen LogP contribution is -2.51. The zero-order valence-electron chi connectivity index (χ0n) is 14.7. The molecule has 0 aromatic heterocycles. The van der Waals surface area contributed by atoms with Crippen LogP contribution < -0.4 is 5.32 Å². The largest absolute Gasteiger partial charge is 0.334 e. The zero-order valence-corrected chi connectivity index (χ0v) is 15.5. The van der Waals surface area contributed by atoms with Crippen LogP contribution in [0.15, 0.2) is 0 Å². The third kappa shape index (κ3) is 3.51.